The molecule has 33 heavy (non-hydrogen) atoms. The molecule has 1 amide bonds. The highest BCUT2D eigenvalue weighted by atomic mass is 32.2. The smallest absolute Gasteiger partial charge is 0.263 e. The van der Waals surface area contributed by atoms with Gasteiger partial charge in [-0.25, -0.2) is 13.8 Å². The molecule has 8 heteroatoms. The Morgan fingerprint density at radius 2 is 1.52 bits per heavy atom. The van der Waals surface area contributed by atoms with Gasteiger partial charge in [0.2, 0.25) is 10.0 Å². The van der Waals surface area contributed by atoms with Crippen molar-refractivity contribution in [2.75, 3.05) is 10.6 Å². The number of rotatable bonds is 8. The first-order chi connectivity index (χ1) is 15.6. The number of ether oxygens (including phenoxy) is 1. The van der Waals surface area contributed by atoms with Crippen LogP contribution in [0.15, 0.2) is 84.0 Å². The lowest BCUT2D eigenvalue weighted by atomic mass is 10.1. The number of para-hydroxylation sites is 1. The van der Waals surface area contributed by atoms with E-state index in [0.29, 0.717) is 22.9 Å². The number of hydrazone groups is 1. The van der Waals surface area contributed by atoms with Gasteiger partial charge in [0.15, 0.2) is 0 Å². The van der Waals surface area contributed by atoms with Crippen molar-refractivity contribution in [1.29, 1.82) is 0 Å². The lowest BCUT2D eigenvalue weighted by molar-refractivity contribution is -0.121. The van der Waals surface area contributed by atoms with Gasteiger partial charge in [-0.1, -0.05) is 48.0 Å². The van der Waals surface area contributed by atoms with E-state index >= 15 is 0 Å². The third-order valence-electron chi connectivity index (χ3n) is 4.96. The van der Waals surface area contributed by atoms with Crippen molar-refractivity contribution < 1.29 is 17.9 Å². The fourth-order valence-corrected chi connectivity index (χ4v) is 4.36. The van der Waals surface area contributed by atoms with Crippen LogP contribution < -0.4 is 14.5 Å². The summed E-state index contributed by atoms with van der Waals surface area (Å²) in [5.74, 6) is 0.671. The molecule has 0 spiro atoms. The van der Waals surface area contributed by atoms with Crippen molar-refractivity contribution in [3.63, 3.8) is 0 Å². The van der Waals surface area contributed by atoms with E-state index in [2.05, 4.69) is 10.5 Å². The molecule has 7 nitrogen and oxygen atoms in total. The van der Waals surface area contributed by atoms with Gasteiger partial charge in [0.25, 0.3) is 5.91 Å². The van der Waals surface area contributed by atoms with Crippen LogP contribution >= 0.6 is 0 Å². The SMILES string of the molecule is C/C(=N/NC(=O)[C@H](C)N(c1ccc(Oc2ccccc2)cc1)S(C)(=O)=O)c1ccc(C)cc1. The summed E-state index contributed by atoms with van der Waals surface area (Å²) in [6.07, 6.45) is 1.06. The van der Waals surface area contributed by atoms with Crippen molar-refractivity contribution in [3.05, 3.63) is 90.0 Å². The molecule has 0 bridgehead atoms. The lowest BCUT2D eigenvalue weighted by Gasteiger charge is -2.27. The Hall–Kier alpha value is -3.65. The van der Waals surface area contributed by atoms with Crippen LogP contribution in [0.2, 0.25) is 0 Å². The Kier molecular flexibility index (Phi) is 7.50. The number of anilines is 1. The first kappa shape index (κ1) is 24.0. The van der Waals surface area contributed by atoms with E-state index in [1.54, 1.807) is 31.2 Å². The average Bonchev–Trinajstić information content (AvgIpc) is 2.78. The standard InChI is InChI=1S/C25H27N3O4S/c1-18-10-12-21(13-11-18)19(2)26-27-25(29)20(3)28(33(4,30)31)22-14-16-24(17-15-22)32-23-8-6-5-7-9-23/h5-17,20H,1-4H3,(H,27,29)/b26-19-/t20-/m0/s1. The Morgan fingerprint density at radius 1 is 0.939 bits per heavy atom. The van der Waals surface area contributed by atoms with Crippen molar-refractivity contribution in [2.24, 2.45) is 5.10 Å². The number of carbonyl (C=O) groups is 1. The van der Waals surface area contributed by atoms with Gasteiger partial charge >= 0.3 is 0 Å². The van der Waals surface area contributed by atoms with Gasteiger partial charge in [-0.15, -0.1) is 0 Å². The van der Waals surface area contributed by atoms with E-state index < -0.39 is 22.0 Å². The monoisotopic (exact) mass is 465 g/mol. The number of nitrogens with zero attached hydrogens (tertiary/aromatic N) is 2. The molecular formula is C25H27N3O4S. The second-order valence-corrected chi connectivity index (χ2v) is 9.54. The number of hydrogen-bond donors (Lipinski definition) is 1. The fourth-order valence-electron chi connectivity index (χ4n) is 3.19. The summed E-state index contributed by atoms with van der Waals surface area (Å²) in [6.45, 7) is 5.27. The van der Waals surface area contributed by atoms with Crippen LogP contribution in [0.3, 0.4) is 0 Å². The van der Waals surface area contributed by atoms with Crippen LogP contribution in [0.1, 0.15) is 25.0 Å². The number of amides is 1. The molecule has 0 fully saturated rings. The zero-order valence-corrected chi connectivity index (χ0v) is 19.8. The Bertz CT molecular complexity index is 1220. The number of sulfonamides is 1. The first-order valence-electron chi connectivity index (χ1n) is 10.4. The van der Waals surface area contributed by atoms with Gasteiger partial charge in [-0.2, -0.15) is 5.10 Å². The van der Waals surface area contributed by atoms with Gasteiger partial charge in [0.05, 0.1) is 17.7 Å². The van der Waals surface area contributed by atoms with Crippen molar-refractivity contribution in [3.8, 4) is 11.5 Å². The van der Waals surface area contributed by atoms with Crippen LogP contribution in [0.4, 0.5) is 5.69 Å². The third-order valence-corrected chi connectivity index (χ3v) is 6.20. The summed E-state index contributed by atoms with van der Waals surface area (Å²) in [5, 5.41) is 4.14. The zero-order valence-electron chi connectivity index (χ0n) is 19.0. The van der Waals surface area contributed by atoms with Crippen molar-refractivity contribution in [1.82, 2.24) is 5.43 Å². The minimum absolute atomic E-state index is 0.347. The maximum Gasteiger partial charge on any atom is 0.263 e. The molecule has 0 saturated carbocycles. The predicted octanol–water partition coefficient (Wildman–Crippen LogP) is 4.48. The maximum atomic E-state index is 12.8. The van der Waals surface area contributed by atoms with E-state index in [9.17, 15) is 13.2 Å². The molecule has 0 aromatic heterocycles. The number of hydrogen-bond acceptors (Lipinski definition) is 5. The number of aryl methyl sites for hydroxylation is 1. The van der Waals surface area contributed by atoms with Gasteiger partial charge < -0.3 is 4.74 Å². The highest BCUT2D eigenvalue weighted by molar-refractivity contribution is 7.92. The number of nitrogens with one attached hydrogen (secondary N) is 1. The van der Waals surface area contributed by atoms with Gasteiger partial charge in [0.1, 0.15) is 17.5 Å². The molecule has 0 saturated heterocycles. The number of benzene rings is 3. The molecule has 0 radical (unpaired) electrons. The molecule has 3 aromatic rings. The van der Waals surface area contributed by atoms with Crippen LogP contribution in [-0.4, -0.2) is 32.3 Å². The highest BCUT2D eigenvalue weighted by Gasteiger charge is 2.29. The second kappa shape index (κ2) is 10.3. The number of carbonyl (C=O) groups excluding carboxylic acids is 1. The van der Waals surface area contributed by atoms with Crippen LogP contribution in [0.5, 0.6) is 11.5 Å². The van der Waals surface area contributed by atoms with Gasteiger partial charge in [-0.3, -0.25) is 9.10 Å². The van der Waals surface area contributed by atoms with E-state index in [-0.39, 0.29) is 0 Å². The molecule has 1 N–H and O–H groups in total. The molecule has 0 aliphatic rings. The van der Waals surface area contributed by atoms with Crippen LogP contribution in [-0.2, 0) is 14.8 Å². The average molecular weight is 466 g/mol. The third kappa shape index (κ3) is 6.43. The van der Waals surface area contributed by atoms with Gasteiger partial charge in [0, 0.05) is 0 Å². The molecule has 0 aliphatic carbocycles. The fraction of sp³-hybridized carbons (Fsp3) is 0.200. The second-order valence-electron chi connectivity index (χ2n) is 7.68. The minimum Gasteiger partial charge on any atom is -0.457 e. The molecule has 0 unspecified atom stereocenters. The Balaban J connectivity index is 1.75. The summed E-state index contributed by atoms with van der Waals surface area (Å²) in [4.78, 5) is 12.8. The maximum absolute atomic E-state index is 12.8. The molecule has 0 heterocycles. The predicted molar refractivity (Wildman–Crippen MR) is 131 cm³/mol. The van der Waals surface area contributed by atoms with Crippen LogP contribution in [0, 0.1) is 6.92 Å². The molecule has 3 rings (SSSR count). The van der Waals surface area contributed by atoms with Gasteiger partial charge in [-0.05, 0) is 62.7 Å². The largest absolute Gasteiger partial charge is 0.457 e. The van der Waals surface area contributed by atoms with Crippen LogP contribution in [0.25, 0.3) is 0 Å². The summed E-state index contributed by atoms with van der Waals surface area (Å²) in [5.41, 5.74) is 5.42. The van der Waals surface area contributed by atoms with Crippen molar-refractivity contribution in [2.45, 2.75) is 26.8 Å². The molecule has 3 aromatic carbocycles. The van der Waals surface area contributed by atoms with E-state index in [0.717, 1.165) is 21.7 Å². The normalized spacial score (nSPS) is 12.7. The Labute approximate surface area is 194 Å². The summed E-state index contributed by atoms with van der Waals surface area (Å²) >= 11 is 0. The Morgan fingerprint density at radius 3 is 2.09 bits per heavy atom. The van der Waals surface area contributed by atoms with E-state index in [1.807, 2.05) is 61.5 Å². The molecule has 172 valence electrons. The minimum atomic E-state index is -3.75. The summed E-state index contributed by atoms with van der Waals surface area (Å²) in [6, 6.07) is 22.5. The molecular weight excluding hydrogens is 438 g/mol. The lowest BCUT2D eigenvalue weighted by Crippen LogP contribution is -2.46. The van der Waals surface area contributed by atoms with E-state index in [1.165, 1.54) is 6.92 Å². The highest BCUT2D eigenvalue weighted by Crippen LogP contribution is 2.26. The quantitative estimate of drug-likeness (QED) is 0.392. The summed E-state index contributed by atoms with van der Waals surface area (Å²) < 4.78 is 31.9. The summed E-state index contributed by atoms with van der Waals surface area (Å²) in [7, 11) is -3.75. The van der Waals surface area contributed by atoms with E-state index in [4.69, 9.17) is 4.74 Å². The zero-order chi connectivity index (χ0) is 24.0. The first-order valence-corrected chi connectivity index (χ1v) is 12.2. The molecule has 1 atom stereocenters. The molecule has 0 aliphatic heterocycles. The van der Waals surface area contributed by atoms with Crippen molar-refractivity contribution >= 4 is 27.3 Å². The topological polar surface area (TPSA) is 88.1 Å².